The zero-order valence-corrected chi connectivity index (χ0v) is 19.8. The summed E-state index contributed by atoms with van der Waals surface area (Å²) in [6, 6.07) is 0. The number of rotatable bonds is 4. The monoisotopic (exact) mass is 420 g/mol. The fourth-order valence-electron chi connectivity index (χ4n) is 9.02. The van der Waals surface area contributed by atoms with Crippen LogP contribution in [0, 0.1) is 52.3 Å². The molecule has 172 valence electrons. The van der Waals surface area contributed by atoms with E-state index in [0.29, 0.717) is 41.9 Å². The third-order valence-electron chi connectivity index (χ3n) is 10.8. The van der Waals surface area contributed by atoms with Crippen molar-refractivity contribution in [2.24, 2.45) is 52.3 Å². The van der Waals surface area contributed by atoms with E-state index in [1.54, 1.807) is 0 Å². The second-order valence-corrected chi connectivity index (χ2v) is 12.1. The van der Waals surface area contributed by atoms with Crippen molar-refractivity contribution in [3.63, 3.8) is 0 Å². The maximum atomic E-state index is 11.7. The van der Waals surface area contributed by atoms with Crippen LogP contribution in [0.3, 0.4) is 0 Å². The Morgan fingerprint density at radius 2 is 1.83 bits per heavy atom. The predicted molar refractivity (Wildman–Crippen MR) is 118 cm³/mol. The van der Waals surface area contributed by atoms with Gasteiger partial charge < -0.3 is 14.9 Å². The van der Waals surface area contributed by atoms with Gasteiger partial charge in [0.1, 0.15) is 0 Å². The quantitative estimate of drug-likeness (QED) is 0.640. The highest BCUT2D eigenvalue weighted by atomic mass is 16.5. The highest BCUT2D eigenvalue weighted by Crippen LogP contribution is 2.68. The van der Waals surface area contributed by atoms with Crippen molar-refractivity contribution in [2.45, 2.75) is 97.7 Å². The molecule has 4 nitrogen and oxygen atoms in total. The lowest BCUT2D eigenvalue weighted by Gasteiger charge is -2.63. The first-order valence-corrected chi connectivity index (χ1v) is 12.6. The molecule has 4 rings (SSSR count). The topological polar surface area (TPSA) is 66.8 Å². The third kappa shape index (κ3) is 3.36. The summed E-state index contributed by atoms with van der Waals surface area (Å²) in [5.41, 5.74) is 0.121. The lowest BCUT2D eigenvalue weighted by Crippen LogP contribution is -2.62. The average molecular weight is 421 g/mol. The van der Waals surface area contributed by atoms with Crippen LogP contribution in [0.5, 0.6) is 0 Å². The molecular weight excluding hydrogens is 376 g/mol. The van der Waals surface area contributed by atoms with Crippen molar-refractivity contribution in [1.29, 1.82) is 0 Å². The number of methoxy groups -OCH3 is 1. The molecule has 0 heterocycles. The molecule has 11 atom stereocenters. The molecular formula is C26H44O4. The van der Waals surface area contributed by atoms with Crippen LogP contribution in [-0.4, -0.2) is 35.5 Å². The Bertz CT molecular complexity index is 649. The molecule has 30 heavy (non-hydrogen) atoms. The number of esters is 1. The van der Waals surface area contributed by atoms with Gasteiger partial charge in [0.25, 0.3) is 0 Å². The highest BCUT2D eigenvalue weighted by Gasteiger charge is 2.65. The van der Waals surface area contributed by atoms with Crippen LogP contribution in [-0.2, 0) is 9.53 Å². The van der Waals surface area contributed by atoms with Crippen LogP contribution >= 0.6 is 0 Å². The van der Waals surface area contributed by atoms with E-state index >= 15 is 0 Å². The Balaban J connectivity index is 1.58. The molecule has 0 aliphatic heterocycles. The summed E-state index contributed by atoms with van der Waals surface area (Å²) in [4.78, 5) is 11.7. The van der Waals surface area contributed by atoms with Gasteiger partial charge in [-0.05, 0) is 97.2 Å². The zero-order chi connectivity index (χ0) is 21.8. The van der Waals surface area contributed by atoms with Crippen LogP contribution in [0.4, 0.5) is 0 Å². The van der Waals surface area contributed by atoms with Gasteiger partial charge in [-0.3, -0.25) is 4.79 Å². The number of fused-ring (bicyclic) bond motifs is 5. The second kappa shape index (κ2) is 8.06. The first-order chi connectivity index (χ1) is 14.1. The molecule has 0 saturated heterocycles. The van der Waals surface area contributed by atoms with Crippen LogP contribution in [0.2, 0.25) is 0 Å². The van der Waals surface area contributed by atoms with E-state index in [2.05, 4.69) is 27.7 Å². The number of hydrogen-bond acceptors (Lipinski definition) is 4. The average Bonchev–Trinajstić information content (AvgIpc) is 3.06. The molecule has 0 amide bonds. The van der Waals surface area contributed by atoms with Gasteiger partial charge in [0.15, 0.2) is 0 Å². The molecule has 0 aromatic carbocycles. The summed E-state index contributed by atoms with van der Waals surface area (Å²) in [5, 5.41) is 23.0. The molecule has 4 heteroatoms. The summed E-state index contributed by atoms with van der Waals surface area (Å²) >= 11 is 0. The Hall–Kier alpha value is -0.610. The summed E-state index contributed by atoms with van der Waals surface area (Å²) in [6.45, 7) is 9.39. The van der Waals surface area contributed by atoms with Gasteiger partial charge >= 0.3 is 5.97 Å². The first-order valence-electron chi connectivity index (χ1n) is 12.6. The standard InChI is InChI=1S/C26H44O4/c1-15-10-11-25(3)17(12-15)13-21(27)24-19-8-7-18(16(2)6-9-23(29)30-5)26(19,4)22(28)14-20(24)25/h15-22,24,27-28H,6-14H2,1-5H3/t15-,16-,17+,18-,19+,20+,21-,22+,24+,25+,26-/m1/s1. The summed E-state index contributed by atoms with van der Waals surface area (Å²) in [5.74, 6) is 3.17. The number of ether oxygens (including phenoxy) is 1. The molecule has 0 aromatic heterocycles. The van der Waals surface area contributed by atoms with E-state index in [-0.39, 0.29) is 29.0 Å². The minimum absolute atomic E-state index is 0.140. The Morgan fingerprint density at radius 1 is 1.10 bits per heavy atom. The number of carbonyl (C=O) groups is 1. The smallest absolute Gasteiger partial charge is 0.305 e. The molecule has 0 radical (unpaired) electrons. The fourth-order valence-corrected chi connectivity index (χ4v) is 9.02. The van der Waals surface area contributed by atoms with Crippen LogP contribution in [0.1, 0.15) is 85.5 Å². The zero-order valence-electron chi connectivity index (χ0n) is 19.8. The van der Waals surface area contributed by atoms with Crippen molar-refractivity contribution < 1.29 is 19.7 Å². The van der Waals surface area contributed by atoms with Gasteiger partial charge in [-0.1, -0.05) is 34.1 Å². The fraction of sp³-hybridized carbons (Fsp3) is 0.962. The number of hydrogen-bond donors (Lipinski definition) is 2. The molecule has 4 aliphatic carbocycles. The van der Waals surface area contributed by atoms with Crippen LogP contribution in [0.25, 0.3) is 0 Å². The van der Waals surface area contributed by atoms with E-state index in [9.17, 15) is 15.0 Å². The second-order valence-electron chi connectivity index (χ2n) is 12.1. The largest absolute Gasteiger partial charge is 0.469 e. The maximum Gasteiger partial charge on any atom is 0.305 e. The van der Waals surface area contributed by atoms with Crippen molar-refractivity contribution in [1.82, 2.24) is 0 Å². The molecule has 0 unspecified atom stereocenters. The van der Waals surface area contributed by atoms with Crippen molar-refractivity contribution >= 4 is 5.97 Å². The molecule has 4 fully saturated rings. The molecule has 0 aromatic rings. The van der Waals surface area contributed by atoms with E-state index in [0.717, 1.165) is 38.0 Å². The van der Waals surface area contributed by atoms with E-state index in [1.165, 1.54) is 26.4 Å². The van der Waals surface area contributed by atoms with Gasteiger partial charge in [-0.15, -0.1) is 0 Å². The van der Waals surface area contributed by atoms with Crippen LogP contribution < -0.4 is 0 Å². The SMILES string of the molecule is COC(=O)CC[C@@H](C)[C@H]1CC[C@H]2[C@@H]3[C@H](O)C[C@@H]4C[C@H](C)CC[C@]4(C)[C@H]3C[C@H](O)[C@]12C. The Morgan fingerprint density at radius 3 is 2.53 bits per heavy atom. The van der Waals surface area contributed by atoms with Gasteiger partial charge in [0.2, 0.25) is 0 Å². The number of aliphatic hydroxyl groups is 2. The normalized spacial score (nSPS) is 51.4. The van der Waals surface area contributed by atoms with E-state index in [4.69, 9.17) is 4.74 Å². The minimum atomic E-state index is -0.307. The molecule has 4 saturated carbocycles. The van der Waals surface area contributed by atoms with Crippen molar-refractivity contribution in [3.05, 3.63) is 0 Å². The number of aliphatic hydroxyl groups excluding tert-OH is 2. The van der Waals surface area contributed by atoms with E-state index < -0.39 is 0 Å². The van der Waals surface area contributed by atoms with Crippen LogP contribution in [0.15, 0.2) is 0 Å². The van der Waals surface area contributed by atoms with Gasteiger partial charge in [0.05, 0.1) is 19.3 Å². The van der Waals surface area contributed by atoms with Gasteiger partial charge in [0, 0.05) is 6.42 Å². The summed E-state index contributed by atoms with van der Waals surface area (Å²) in [6.07, 6.45) is 8.53. The predicted octanol–water partition coefficient (Wildman–Crippen LogP) is 4.81. The third-order valence-corrected chi connectivity index (χ3v) is 10.8. The summed E-state index contributed by atoms with van der Waals surface area (Å²) < 4.78 is 4.85. The molecule has 0 bridgehead atoms. The first kappa shape index (κ1) is 22.6. The van der Waals surface area contributed by atoms with Crippen molar-refractivity contribution in [2.75, 3.05) is 7.11 Å². The number of carbonyl (C=O) groups excluding carboxylic acids is 1. The lowest BCUT2D eigenvalue weighted by atomic mass is 9.42. The molecule has 0 spiro atoms. The van der Waals surface area contributed by atoms with Crippen molar-refractivity contribution in [3.8, 4) is 0 Å². The molecule has 4 aliphatic rings. The summed E-state index contributed by atoms with van der Waals surface area (Å²) in [7, 11) is 1.45. The van der Waals surface area contributed by atoms with Gasteiger partial charge in [-0.25, -0.2) is 0 Å². The molecule has 2 N–H and O–H groups in total. The minimum Gasteiger partial charge on any atom is -0.469 e. The van der Waals surface area contributed by atoms with E-state index in [1.807, 2.05) is 0 Å². The Labute approximate surface area is 183 Å². The maximum absolute atomic E-state index is 11.7. The Kier molecular flexibility index (Phi) is 6.07. The highest BCUT2D eigenvalue weighted by molar-refractivity contribution is 5.69. The lowest BCUT2D eigenvalue weighted by molar-refractivity contribution is -0.203. The van der Waals surface area contributed by atoms with Gasteiger partial charge in [-0.2, -0.15) is 0 Å².